The SMILES string of the molecule is CC.CNC(C=O)CC(C)C. The number of hydrogen-bond donors (Lipinski definition) is 1. The number of carbonyl (C=O) groups excluding carboxylic acids is 1. The lowest BCUT2D eigenvalue weighted by molar-refractivity contribution is -0.109. The summed E-state index contributed by atoms with van der Waals surface area (Å²) in [5, 5.41) is 2.92. The predicted octanol–water partition coefficient (Wildman–Crippen LogP) is 1.85. The molecule has 0 aliphatic rings. The van der Waals surface area contributed by atoms with E-state index in [0.29, 0.717) is 5.92 Å². The Morgan fingerprint density at radius 2 is 1.82 bits per heavy atom. The number of carbonyl (C=O) groups is 1. The molecule has 0 amide bonds. The van der Waals surface area contributed by atoms with E-state index in [1.807, 2.05) is 13.8 Å². The number of rotatable bonds is 4. The van der Waals surface area contributed by atoms with Crippen molar-refractivity contribution in [1.29, 1.82) is 0 Å². The highest BCUT2D eigenvalue weighted by atomic mass is 16.1. The Hall–Kier alpha value is -0.370. The molecule has 0 saturated carbocycles. The van der Waals surface area contributed by atoms with E-state index in [1.54, 1.807) is 7.05 Å². The summed E-state index contributed by atoms with van der Waals surface area (Å²) >= 11 is 0. The molecule has 2 heteroatoms. The lowest BCUT2D eigenvalue weighted by Gasteiger charge is -2.10. The van der Waals surface area contributed by atoms with Crippen LogP contribution in [-0.2, 0) is 4.79 Å². The van der Waals surface area contributed by atoms with Crippen LogP contribution in [-0.4, -0.2) is 19.4 Å². The second-order valence-electron chi connectivity index (χ2n) is 2.66. The van der Waals surface area contributed by atoms with Crippen LogP contribution >= 0.6 is 0 Å². The van der Waals surface area contributed by atoms with E-state index in [9.17, 15) is 4.79 Å². The van der Waals surface area contributed by atoms with Gasteiger partial charge in [-0.15, -0.1) is 0 Å². The summed E-state index contributed by atoms with van der Waals surface area (Å²) in [6.07, 6.45) is 1.89. The second-order valence-corrected chi connectivity index (χ2v) is 2.66. The van der Waals surface area contributed by atoms with Gasteiger partial charge >= 0.3 is 0 Å². The van der Waals surface area contributed by atoms with Gasteiger partial charge in [-0.3, -0.25) is 0 Å². The first-order valence-corrected chi connectivity index (χ1v) is 4.33. The molecular formula is C9H21NO. The zero-order chi connectivity index (χ0) is 9.28. The van der Waals surface area contributed by atoms with Gasteiger partial charge in [0.1, 0.15) is 6.29 Å². The molecule has 0 aliphatic carbocycles. The Balaban J connectivity index is 0. The second kappa shape index (κ2) is 9.63. The van der Waals surface area contributed by atoms with E-state index in [1.165, 1.54) is 0 Å². The largest absolute Gasteiger partial charge is 0.311 e. The van der Waals surface area contributed by atoms with Crippen LogP contribution in [0, 0.1) is 5.92 Å². The van der Waals surface area contributed by atoms with Gasteiger partial charge in [0.25, 0.3) is 0 Å². The third-order valence-corrected chi connectivity index (χ3v) is 1.26. The zero-order valence-electron chi connectivity index (χ0n) is 8.35. The first-order chi connectivity index (χ1) is 5.20. The van der Waals surface area contributed by atoms with Crippen molar-refractivity contribution in [3.63, 3.8) is 0 Å². The zero-order valence-corrected chi connectivity index (χ0v) is 8.35. The molecule has 0 spiro atoms. The molecule has 0 aromatic heterocycles. The normalized spacial score (nSPS) is 11.8. The van der Waals surface area contributed by atoms with Gasteiger partial charge in [0, 0.05) is 0 Å². The van der Waals surface area contributed by atoms with Crippen LogP contribution in [0.5, 0.6) is 0 Å². The molecule has 0 bridgehead atoms. The molecule has 0 heterocycles. The molecule has 0 aromatic carbocycles. The third-order valence-electron chi connectivity index (χ3n) is 1.26. The van der Waals surface area contributed by atoms with Crippen molar-refractivity contribution in [2.75, 3.05) is 7.05 Å². The average Bonchev–Trinajstić information content (AvgIpc) is 2.03. The van der Waals surface area contributed by atoms with Crippen molar-refractivity contribution < 1.29 is 4.79 Å². The topological polar surface area (TPSA) is 29.1 Å². The maximum atomic E-state index is 10.2. The van der Waals surface area contributed by atoms with E-state index in [2.05, 4.69) is 19.2 Å². The Morgan fingerprint density at radius 3 is 1.91 bits per heavy atom. The fourth-order valence-corrected chi connectivity index (χ4v) is 0.749. The van der Waals surface area contributed by atoms with Crippen LogP contribution in [0.1, 0.15) is 34.1 Å². The Kier molecular flexibility index (Phi) is 11.6. The molecule has 1 unspecified atom stereocenters. The molecule has 0 rings (SSSR count). The van der Waals surface area contributed by atoms with Crippen molar-refractivity contribution in [3.8, 4) is 0 Å². The van der Waals surface area contributed by atoms with Gasteiger partial charge in [-0.25, -0.2) is 0 Å². The monoisotopic (exact) mass is 159 g/mol. The number of aldehydes is 1. The van der Waals surface area contributed by atoms with E-state index < -0.39 is 0 Å². The first kappa shape index (κ1) is 13.2. The van der Waals surface area contributed by atoms with E-state index >= 15 is 0 Å². The van der Waals surface area contributed by atoms with Crippen LogP contribution in [0.25, 0.3) is 0 Å². The summed E-state index contributed by atoms with van der Waals surface area (Å²) in [5.41, 5.74) is 0. The van der Waals surface area contributed by atoms with Crippen LogP contribution in [0.2, 0.25) is 0 Å². The molecule has 0 aliphatic heterocycles. The number of hydrogen-bond acceptors (Lipinski definition) is 2. The van der Waals surface area contributed by atoms with Gasteiger partial charge in [0.15, 0.2) is 0 Å². The predicted molar refractivity (Wildman–Crippen MR) is 49.7 cm³/mol. The summed E-state index contributed by atoms with van der Waals surface area (Å²) in [7, 11) is 1.81. The number of nitrogens with one attached hydrogen (secondary N) is 1. The minimum Gasteiger partial charge on any atom is -0.311 e. The molecule has 11 heavy (non-hydrogen) atoms. The maximum absolute atomic E-state index is 10.2. The smallest absolute Gasteiger partial charge is 0.136 e. The lowest BCUT2D eigenvalue weighted by atomic mass is 10.1. The van der Waals surface area contributed by atoms with Crippen LogP contribution in [0.15, 0.2) is 0 Å². The van der Waals surface area contributed by atoms with E-state index in [0.717, 1.165) is 12.7 Å². The maximum Gasteiger partial charge on any atom is 0.136 e. The third kappa shape index (κ3) is 9.63. The molecule has 0 fully saturated rings. The molecule has 68 valence electrons. The van der Waals surface area contributed by atoms with Crippen LogP contribution in [0.4, 0.5) is 0 Å². The van der Waals surface area contributed by atoms with Crippen LogP contribution in [0.3, 0.4) is 0 Å². The Labute approximate surface area is 70.4 Å². The number of likely N-dealkylation sites (N-methyl/N-ethyl adjacent to an activating group) is 1. The van der Waals surface area contributed by atoms with E-state index in [4.69, 9.17) is 0 Å². The minimum absolute atomic E-state index is 0.0463. The average molecular weight is 159 g/mol. The minimum atomic E-state index is 0.0463. The highest BCUT2D eigenvalue weighted by Gasteiger charge is 2.04. The van der Waals surface area contributed by atoms with Gasteiger partial charge in [-0.1, -0.05) is 27.7 Å². The summed E-state index contributed by atoms with van der Waals surface area (Å²) in [5.74, 6) is 0.590. The van der Waals surface area contributed by atoms with Gasteiger partial charge < -0.3 is 10.1 Å². The van der Waals surface area contributed by atoms with Crippen LogP contribution < -0.4 is 5.32 Å². The first-order valence-electron chi connectivity index (χ1n) is 4.33. The van der Waals surface area contributed by atoms with Crippen molar-refractivity contribution in [2.24, 2.45) is 5.92 Å². The van der Waals surface area contributed by atoms with Gasteiger partial charge in [-0.05, 0) is 19.4 Å². The highest BCUT2D eigenvalue weighted by molar-refractivity contribution is 5.57. The van der Waals surface area contributed by atoms with Crippen molar-refractivity contribution in [1.82, 2.24) is 5.32 Å². The molecule has 0 radical (unpaired) electrons. The van der Waals surface area contributed by atoms with E-state index in [-0.39, 0.29) is 6.04 Å². The van der Waals surface area contributed by atoms with Gasteiger partial charge in [0.05, 0.1) is 6.04 Å². The van der Waals surface area contributed by atoms with Crippen molar-refractivity contribution in [2.45, 2.75) is 40.2 Å². The quantitative estimate of drug-likeness (QED) is 0.634. The molecule has 1 atom stereocenters. The van der Waals surface area contributed by atoms with Gasteiger partial charge in [0.2, 0.25) is 0 Å². The molecule has 1 N–H and O–H groups in total. The Morgan fingerprint density at radius 1 is 1.36 bits per heavy atom. The summed E-state index contributed by atoms with van der Waals surface area (Å²) in [4.78, 5) is 10.2. The molecule has 0 saturated heterocycles. The van der Waals surface area contributed by atoms with Crippen molar-refractivity contribution >= 4 is 6.29 Å². The molecule has 0 aromatic rings. The standard InChI is InChI=1S/C7H15NO.C2H6/c1-6(2)4-7(5-9)8-3;1-2/h5-8H,4H2,1-3H3;1-2H3. The summed E-state index contributed by atoms with van der Waals surface area (Å²) < 4.78 is 0. The van der Waals surface area contributed by atoms with Crippen molar-refractivity contribution in [3.05, 3.63) is 0 Å². The molecular weight excluding hydrogens is 138 g/mol. The van der Waals surface area contributed by atoms with Gasteiger partial charge in [-0.2, -0.15) is 0 Å². The highest BCUT2D eigenvalue weighted by Crippen LogP contribution is 2.01. The lowest BCUT2D eigenvalue weighted by Crippen LogP contribution is -2.27. The fourth-order valence-electron chi connectivity index (χ4n) is 0.749. The fraction of sp³-hybridized carbons (Fsp3) is 0.889. The summed E-state index contributed by atoms with van der Waals surface area (Å²) in [6, 6.07) is 0.0463. The molecule has 2 nitrogen and oxygen atoms in total. The Bertz CT molecular complexity index is 81.6. The summed E-state index contributed by atoms with van der Waals surface area (Å²) in [6.45, 7) is 8.21.